The summed E-state index contributed by atoms with van der Waals surface area (Å²) in [5.41, 5.74) is 0. The molecule has 0 N–H and O–H groups in total. The van der Waals surface area contributed by atoms with Crippen molar-refractivity contribution in [2.75, 3.05) is 39.3 Å². The molecule has 1 aliphatic carbocycles. The molecule has 1 aromatic rings. The maximum absolute atomic E-state index is 13.5. The Morgan fingerprint density at radius 1 is 1.08 bits per heavy atom. The van der Waals surface area contributed by atoms with Gasteiger partial charge in [0, 0.05) is 38.6 Å². The Balaban J connectivity index is 1.37. The van der Waals surface area contributed by atoms with Gasteiger partial charge in [-0.3, -0.25) is 9.69 Å². The topological polar surface area (TPSA) is 32.8 Å². The van der Waals surface area contributed by atoms with Gasteiger partial charge in [0.1, 0.15) is 6.61 Å². The quantitative estimate of drug-likeness (QED) is 0.830. The number of halogens is 1. The van der Waals surface area contributed by atoms with Crippen LogP contribution < -0.4 is 4.74 Å². The Bertz CT molecular complexity index is 538. The van der Waals surface area contributed by atoms with Crippen molar-refractivity contribution in [2.24, 2.45) is 5.92 Å². The molecule has 0 spiro atoms. The molecule has 0 aromatic heterocycles. The molecule has 2 fully saturated rings. The zero-order valence-electron chi connectivity index (χ0n) is 14.3. The molecule has 1 aliphatic heterocycles. The zero-order valence-corrected chi connectivity index (χ0v) is 14.3. The van der Waals surface area contributed by atoms with Crippen LogP contribution in [0.5, 0.6) is 5.75 Å². The molecule has 24 heavy (non-hydrogen) atoms. The number of amides is 1. The third-order valence-corrected chi connectivity index (χ3v) is 5.14. The number of hydrogen-bond donors (Lipinski definition) is 0. The normalized spacial score (nSPS) is 20.1. The molecule has 0 unspecified atom stereocenters. The first-order valence-corrected chi connectivity index (χ1v) is 9.12. The smallest absolute Gasteiger partial charge is 0.225 e. The van der Waals surface area contributed by atoms with E-state index in [9.17, 15) is 9.18 Å². The molecule has 1 amide bonds. The maximum Gasteiger partial charge on any atom is 0.225 e. The summed E-state index contributed by atoms with van der Waals surface area (Å²) in [5.74, 6) is 0.607. The molecule has 5 heteroatoms. The Morgan fingerprint density at radius 2 is 1.79 bits per heavy atom. The van der Waals surface area contributed by atoms with Crippen molar-refractivity contribution in [3.63, 3.8) is 0 Å². The first-order chi connectivity index (χ1) is 11.7. The molecule has 4 nitrogen and oxygen atoms in total. The summed E-state index contributed by atoms with van der Waals surface area (Å²) < 4.78 is 19.0. The summed E-state index contributed by atoms with van der Waals surface area (Å²) in [7, 11) is 0. The van der Waals surface area contributed by atoms with Crippen molar-refractivity contribution < 1.29 is 13.9 Å². The average Bonchev–Trinajstić information content (AvgIpc) is 2.64. The number of carbonyl (C=O) groups is 1. The molecule has 0 atom stereocenters. The van der Waals surface area contributed by atoms with Gasteiger partial charge in [0.25, 0.3) is 0 Å². The van der Waals surface area contributed by atoms with Gasteiger partial charge >= 0.3 is 0 Å². The van der Waals surface area contributed by atoms with Gasteiger partial charge in [0.2, 0.25) is 5.91 Å². The second kappa shape index (κ2) is 8.47. The molecule has 0 bridgehead atoms. The minimum absolute atomic E-state index is 0.259. The van der Waals surface area contributed by atoms with Crippen LogP contribution in [0.1, 0.15) is 32.1 Å². The number of benzene rings is 1. The second-order valence-electron chi connectivity index (χ2n) is 6.78. The van der Waals surface area contributed by atoms with Crippen molar-refractivity contribution in [1.82, 2.24) is 9.80 Å². The number of carbonyl (C=O) groups excluding carboxylic acids is 1. The summed E-state index contributed by atoms with van der Waals surface area (Å²) in [6.45, 7) is 4.58. The summed E-state index contributed by atoms with van der Waals surface area (Å²) in [5, 5.41) is 0. The summed E-state index contributed by atoms with van der Waals surface area (Å²) in [6.07, 6.45) is 5.80. The molecular formula is C19H27FN2O2. The van der Waals surface area contributed by atoms with Gasteiger partial charge in [-0.25, -0.2) is 4.39 Å². The summed E-state index contributed by atoms with van der Waals surface area (Å²) in [4.78, 5) is 16.9. The molecule has 1 saturated heterocycles. The first kappa shape index (κ1) is 17.2. The summed E-state index contributed by atoms with van der Waals surface area (Å²) in [6, 6.07) is 6.49. The Morgan fingerprint density at radius 3 is 2.50 bits per heavy atom. The largest absolute Gasteiger partial charge is 0.489 e. The highest BCUT2D eigenvalue weighted by Gasteiger charge is 2.28. The zero-order chi connectivity index (χ0) is 16.8. The summed E-state index contributed by atoms with van der Waals surface area (Å²) >= 11 is 0. The Labute approximate surface area is 143 Å². The minimum atomic E-state index is -0.319. The van der Waals surface area contributed by atoms with Crippen LogP contribution in [-0.4, -0.2) is 55.0 Å². The van der Waals surface area contributed by atoms with Crippen molar-refractivity contribution in [3.05, 3.63) is 30.1 Å². The SMILES string of the molecule is O=C(C1CCCCC1)N1CCN(CCOc2ccccc2F)CC1. The lowest BCUT2D eigenvalue weighted by Crippen LogP contribution is -2.51. The highest BCUT2D eigenvalue weighted by molar-refractivity contribution is 5.79. The van der Waals surface area contributed by atoms with Crippen LogP contribution in [0.3, 0.4) is 0 Å². The van der Waals surface area contributed by atoms with E-state index in [0.29, 0.717) is 18.3 Å². The number of para-hydroxylation sites is 1. The predicted molar refractivity (Wildman–Crippen MR) is 91.5 cm³/mol. The number of rotatable bonds is 5. The van der Waals surface area contributed by atoms with Crippen LogP contribution in [0.2, 0.25) is 0 Å². The molecule has 2 aliphatic rings. The average molecular weight is 334 g/mol. The number of piperazine rings is 1. The molecule has 1 aromatic carbocycles. The minimum Gasteiger partial charge on any atom is -0.489 e. The van der Waals surface area contributed by atoms with Crippen LogP contribution in [-0.2, 0) is 4.79 Å². The van der Waals surface area contributed by atoms with Crippen LogP contribution in [0.25, 0.3) is 0 Å². The van der Waals surface area contributed by atoms with E-state index in [1.807, 2.05) is 4.90 Å². The maximum atomic E-state index is 13.5. The Kier molecular flexibility index (Phi) is 6.07. The van der Waals surface area contributed by atoms with Crippen LogP contribution in [0.15, 0.2) is 24.3 Å². The van der Waals surface area contributed by atoms with Gasteiger partial charge in [-0.05, 0) is 25.0 Å². The van der Waals surface area contributed by atoms with E-state index in [2.05, 4.69) is 4.90 Å². The van der Waals surface area contributed by atoms with E-state index in [-0.39, 0.29) is 11.7 Å². The van der Waals surface area contributed by atoms with Crippen molar-refractivity contribution in [1.29, 1.82) is 0 Å². The van der Waals surface area contributed by atoms with Gasteiger partial charge in [0.05, 0.1) is 0 Å². The molecule has 132 valence electrons. The van der Waals surface area contributed by atoms with Crippen molar-refractivity contribution in [3.8, 4) is 5.75 Å². The van der Waals surface area contributed by atoms with Gasteiger partial charge in [0.15, 0.2) is 11.6 Å². The molecule has 1 heterocycles. The molecular weight excluding hydrogens is 307 g/mol. The lowest BCUT2D eigenvalue weighted by molar-refractivity contribution is -0.138. The monoisotopic (exact) mass is 334 g/mol. The van der Waals surface area contributed by atoms with Crippen LogP contribution >= 0.6 is 0 Å². The van der Waals surface area contributed by atoms with E-state index < -0.39 is 0 Å². The first-order valence-electron chi connectivity index (χ1n) is 9.12. The van der Waals surface area contributed by atoms with Gasteiger partial charge in [-0.2, -0.15) is 0 Å². The van der Waals surface area contributed by atoms with E-state index >= 15 is 0 Å². The Hall–Kier alpha value is -1.62. The van der Waals surface area contributed by atoms with E-state index in [1.54, 1.807) is 18.2 Å². The highest BCUT2D eigenvalue weighted by atomic mass is 19.1. The number of nitrogens with zero attached hydrogens (tertiary/aromatic N) is 2. The number of hydrogen-bond acceptors (Lipinski definition) is 3. The van der Waals surface area contributed by atoms with Gasteiger partial charge in [-0.1, -0.05) is 31.4 Å². The molecule has 3 rings (SSSR count). The van der Waals surface area contributed by atoms with Crippen LogP contribution in [0, 0.1) is 11.7 Å². The van der Waals surface area contributed by atoms with Crippen molar-refractivity contribution >= 4 is 5.91 Å². The predicted octanol–water partition coefficient (Wildman–Crippen LogP) is 2.93. The van der Waals surface area contributed by atoms with Crippen molar-refractivity contribution in [2.45, 2.75) is 32.1 Å². The molecule has 0 radical (unpaired) electrons. The van der Waals surface area contributed by atoms with Gasteiger partial charge in [-0.15, -0.1) is 0 Å². The lowest BCUT2D eigenvalue weighted by atomic mass is 9.88. The van der Waals surface area contributed by atoms with E-state index in [1.165, 1.54) is 25.3 Å². The fourth-order valence-corrected chi connectivity index (χ4v) is 3.65. The highest BCUT2D eigenvalue weighted by Crippen LogP contribution is 2.25. The van der Waals surface area contributed by atoms with E-state index in [4.69, 9.17) is 4.74 Å². The van der Waals surface area contributed by atoms with Crippen LogP contribution in [0.4, 0.5) is 4.39 Å². The van der Waals surface area contributed by atoms with Gasteiger partial charge < -0.3 is 9.64 Å². The fraction of sp³-hybridized carbons (Fsp3) is 0.632. The van der Waals surface area contributed by atoms with E-state index in [0.717, 1.165) is 45.6 Å². The lowest BCUT2D eigenvalue weighted by Gasteiger charge is -2.37. The third kappa shape index (κ3) is 4.47. The third-order valence-electron chi connectivity index (χ3n) is 5.14. The number of ether oxygens (including phenoxy) is 1. The second-order valence-corrected chi connectivity index (χ2v) is 6.78. The standard InChI is InChI=1S/C19H27FN2O2/c20-17-8-4-5-9-18(17)24-15-14-21-10-12-22(13-11-21)19(23)16-6-2-1-3-7-16/h4-5,8-9,16H,1-3,6-7,10-15H2. The molecule has 1 saturated carbocycles. The fourth-order valence-electron chi connectivity index (χ4n) is 3.65.